The maximum absolute atomic E-state index is 10.9. The van der Waals surface area contributed by atoms with Crippen molar-refractivity contribution in [3.8, 4) is 0 Å². The molecule has 0 radical (unpaired) electrons. The van der Waals surface area contributed by atoms with Gasteiger partial charge in [-0.15, -0.1) is 0 Å². The van der Waals surface area contributed by atoms with Crippen LogP contribution in [0.1, 0.15) is 46.0 Å². The molecule has 1 atom stereocenters. The second kappa shape index (κ2) is 20.7. The van der Waals surface area contributed by atoms with Crippen LogP contribution in [0.4, 0.5) is 0 Å². The molecular weight excluding hydrogens is 549 g/mol. The molecule has 0 aliphatic heterocycles. The van der Waals surface area contributed by atoms with Gasteiger partial charge in [-0.05, 0) is 45.3 Å². The zero-order valence-corrected chi connectivity index (χ0v) is 18.6. The van der Waals surface area contributed by atoms with Gasteiger partial charge < -0.3 is 27.4 Å². The van der Waals surface area contributed by atoms with Gasteiger partial charge in [0.15, 0.2) is 0 Å². The van der Waals surface area contributed by atoms with Gasteiger partial charge in [0.1, 0.15) is 0 Å². The van der Waals surface area contributed by atoms with Gasteiger partial charge in [-0.1, -0.05) is 13.8 Å². The van der Waals surface area contributed by atoms with E-state index in [1.54, 1.807) is 0 Å². The number of carboxylic acids is 2. The zero-order valence-electron chi connectivity index (χ0n) is 15.5. The van der Waals surface area contributed by atoms with E-state index in [4.69, 9.17) is 14.8 Å². The molecule has 0 fully saturated rings. The minimum Gasteiger partial charge on any atom is -0.693 e. The van der Waals surface area contributed by atoms with Gasteiger partial charge in [0, 0.05) is 0 Å². The van der Waals surface area contributed by atoms with Gasteiger partial charge in [-0.3, -0.25) is 14.1 Å². The van der Waals surface area contributed by atoms with E-state index in [0.29, 0.717) is 12.7 Å². The summed E-state index contributed by atoms with van der Waals surface area (Å²) in [6, 6.07) is 0. The Bertz CT molecular complexity index is 436. The van der Waals surface area contributed by atoms with Crippen LogP contribution in [0.2, 0.25) is 0 Å². The Morgan fingerprint density at radius 2 is 1.38 bits per heavy atom. The monoisotopic (exact) mass is 582 g/mol. The van der Waals surface area contributed by atoms with Gasteiger partial charge in [0.2, 0.25) is 0 Å². The van der Waals surface area contributed by atoms with Crippen LogP contribution in [0.25, 0.3) is 12.3 Å². The molecule has 0 rings (SSSR count). The number of carboxylic acid groups (broad SMARTS) is 2. The van der Waals surface area contributed by atoms with Crippen LogP contribution in [0.3, 0.4) is 0 Å². The average molecular weight is 583 g/mol. The largest absolute Gasteiger partial charge is 2.00 e. The number of carbonyl (C=O) groups is 2. The van der Waals surface area contributed by atoms with Crippen LogP contribution in [0.5, 0.6) is 0 Å². The first kappa shape index (κ1) is 36.4. The summed E-state index contributed by atoms with van der Waals surface area (Å²) < 4.78 is 25.9. The fourth-order valence-electron chi connectivity index (χ4n) is 2.05. The minimum absolute atomic E-state index is 0. The second-order valence-electron chi connectivity index (χ2n) is 5.35. The molecule has 0 saturated carbocycles. The third kappa shape index (κ3) is 31.2. The van der Waals surface area contributed by atoms with Crippen LogP contribution in [-0.2, 0) is 40.8 Å². The molecule has 26 heavy (non-hydrogen) atoms. The van der Waals surface area contributed by atoms with Crippen LogP contribution < -0.4 is 0 Å². The fourth-order valence-corrected chi connectivity index (χ4v) is 2.05. The Morgan fingerprint density at radius 1 is 1.00 bits per heavy atom. The zero-order chi connectivity index (χ0) is 18.5. The van der Waals surface area contributed by atoms with E-state index in [9.17, 15) is 18.0 Å². The second-order valence-corrected chi connectivity index (χ2v) is 6.82. The third-order valence-electron chi connectivity index (χ3n) is 2.88. The summed E-state index contributed by atoms with van der Waals surface area (Å²) in [5.74, 6) is -2.80. The number of rotatable bonds is 11. The predicted octanol–water partition coefficient (Wildman–Crippen LogP) is 3.00. The number of hydrogen-bond acceptors (Lipinski definition) is 5. The van der Waals surface area contributed by atoms with E-state index < -0.39 is 28.0 Å². The number of aliphatic carboxylic acids is 2. The molecule has 0 aromatic rings. The molecule has 0 saturated heterocycles. The Kier molecular flexibility index (Phi) is 29.0. The third-order valence-corrected chi connectivity index (χ3v) is 2.88. The number of nitrogens with zero attached hydrogens (tertiary/aromatic N) is 1. The molecule has 0 heterocycles. The minimum atomic E-state index is -3.67. The molecule has 12 heteroatoms. The summed E-state index contributed by atoms with van der Waals surface area (Å²) in [4.78, 5) is 23.7. The van der Waals surface area contributed by atoms with E-state index in [2.05, 4.69) is 18.7 Å². The molecule has 162 valence electrons. The summed E-state index contributed by atoms with van der Waals surface area (Å²) in [5, 5.41) is 17.6. The summed E-state index contributed by atoms with van der Waals surface area (Å²) in [7, 11) is -3.67. The van der Waals surface area contributed by atoms with Crippen molar-refractivity contribution in [1.82, 2.24) is 4.90 Å². The van der Waals surface area contributed by atoms with E-state index in [1.165, 1.54) is 0 Å². The van der Waals surface area contributed by atoms with E-state index in [-0.39, 0.29) is 39.8 Å². The van der Waals surface area contributed by atoms with Crippen molar-refractivity contribution < 1.29 is 53.8 Å². The van der Waals surface area contributed by atoms with Gasteiger partial charge in [-0.25, -0.2) is 0 Å². The fraction of sp³-hybridized carbons (Fsp3) is 0.857. The van der Waals surface area contributed by atoms with Crippen molar-refractivity contribution in [1.29, 1.82) is 0 Å². The Morgan fingerprint density at radius 3 is 1.65 bits per heavy atom. The van der Waals surface area contributed by atoms with E-state index >= 15 is 0 Å². The van der Waals surface area contributed by atoms with Crippen molar-refractivity contribution in [2.75, 3.05) is 25.9 Å². The predicted molar refractivity (Wildman–Crippen MR) is 97.7 cm³/mol. The Labute approximate surface area is 170 Å². The molecular formula is C14H33N3O7PtS. The molecule has 0 aliphatic rings. The van der Waals surface area contributed by atoms with Gasteiger partial charge in [0.25, 0.3) is 10.1 Å². The molecule has 0 bridgehead atoms. The number of hydrogen-bond donors (Lipinski definition) is 3. The van der Waals surface area contributed by atoms with Crippen molar-refractivity contribution in [2.24, 2.45) is 5.92 Å². The summed E-state index contributed by atoms with van der Waals surface area (Å²) in [6.45, 7) is 7.13. The number of nitrogens with two attached hydrogens (primary N) is 2. The maximum atomic E-state index is 10.9. The first-order chi connectivity index (χ1) is 10.5. The quantitative estimate of drug-likeness (QED) is 0.309. The Balaban J connectivity index is -0.000000162. The molecule has 0 spiro atoms. The van der Waals surface area contributed by atoms with Crippen molar-refractivity contribution in [2.45, 2.75) is 46.0 Å². The topological polar surface area (TPSA) is 199 Å². The van der Waals surface area contributed by atoms with Crippen molar-refractivity contribution in [3.63, 3.8) is 0 Å². The van der Waals surface area contributed by atoms with Crippen LogP contribution in [-0.4, -0.2) is 65.9 Å². The maximum Gasteiger partial charge on any atom is 2.00 e. The van der Waals surface area contributed by atoms with E-state index in [1.807, 2.05) is 0 Å². The Hall–Kier alpha value is -0.582. The molecule has 0 aliphatic carbocycles. The molecule has 10 nitrogen and oxygen atoms in total. The van der Waals surface area contributed by atoms with Crippen molar-refractivity contribution >= 4 is 22.1 Å². The first-order valence-electron chi connectivity index (χ1n) is 7.60. The SMILES string of the molecule is CCCN(CCC)CCCC(CC(=O)O)C(=O)O.CS(=O)(=O)O.[NH2-].[NH2-].[Pt+2]. The molecule has 0 amide bonds. The van der Waals surface area contributed by atoms with Gasteiger partial charge in [0.05, 0.1) is 18.6 Å². The van der Waals surface area contributed by atoms with E-state index in [0.717, 1.165) is 38.9 Å². The van der Waals surface area contributed by atoms with Gasteiger partial charge in [-0.2, -0.15) is 8.42 Å². The molecule has 1 unspecified atom stereocenters. The normalized spacial score (nSPS) is 11.0. The van der Waals surface area contributed by atoms with Crippen molar-refractivity contribution in [3.05, 3.63) is 12.3 Å². The molecule has 0 aromatic carbocycles. The van der Waals surface area contributed by atoms with Crippen LogP contribution in [0, 0.1) is 5.92 Å². The summed E-state index contributed by atoms with van der Waals surface area (Å²) in [6.07, 6.45) is 3.77. The summed E-state index contributed by atoms with van der Waals surface area (Å²) in [5.41, 5.74) is 0. The average Bonchev–Trinajstić information content (AvgIpc) is 2.35. The van der Waals surface area contributed by atoms with Gasteiger partial charge >= 0.3 is 33.0 Å². The van der Waals surface area contributed by atoms with Crippen LogP contribution in [0.15, 0.2) is 0 Å². The first-order valence-corrected chi connectivity index (χ1v) is 9.45. The molecule has 0 aromatic heterocycles. The molecule has 7 N–H and O–H groups in total. The standard InChI is InChI=1S/C13H25NO4.CH4O3S.2H2N.Pt/c1-3-7-14(8-4-2)9-5-6-11(13(17)18)10-12(15)16;1-5(2,3)4;;;/h11H,3-10H2,1-2H3,(H,15,16)(H,17,18);1H3,(H,2,3,4);2*1H2;/q;;2*-1;+2. The smallest absolute Gasteiger partial charge is 0.693 e. The summed E-state index contributed by atoms with van der Waals surface area (Å²) >= 11 is 0. The van der Waals surface area contributed by atoms with Crippen LogP contribution >= 0.6 is 0 Å².